The average molecular weight is 221 g/mol. The largest absolute Gasteiger partial charge is 0.377 e. The first kappa shape index (κ1) is 10.9. The van der Waals surface area contributed by atoms with Crippen molar-refractivity contribution in [1.29, 1.82) is 0 Å². The number of fused-ring (bicyclic) bond motifs is 1. The number of hydrogen-bond acceptors (Lipinski definition) is 3. The molecule has 0 amide bonds. The normalized spacial score (nSPS) is 11.2. The molecule has 0 saturated carbocycles. The number of aromatic nitrogens is 3. The minimum Gasteiger partial charge on any atom is -0.377 e. The molecule has 1 N–H and O–H groups in total. The molecule has 0 aliphatic carbocycles. The molecule has 2 heterocycles. The number of methoxy groups -OCH3 is 1. The van der Waals surface area contributed by atoms with Crippen LogP contribution >= 0.6 is 0 Å². The average Bonchev–Trinajstić information content (AvgIpc) is 2.62. The summed E-state index contributed by atoms with van der Waals surface area (Å²) in [4.78, 5) is 16.3. The Morgan fingerprint density at radius 2 is 2.31 bits per heavy atom. The molecule has 0 fully saturated rings. The second-order valence-electron chi connectivity index (χ2n) is 3.76. The molecule has 86 valence electrons. The summed E-state index contributed by atoms with van der Waals surface area (Å²) in [5.41, 5.74) is 2.44. The van der Waals surface area contributed by atoms with E-state index in [1.807, 2.05) is 19.9 Å². The van der Waals surface area contributed by atoms with Crippen molar-refractivity contribution in [3.8, 4) is 0 Å². The highest BCUT2D eigenvalue weighted by Crippen LogP contribution is 2.07. The molecular weight excluding hydrogens is 206 g/mol. The van der Waals surface area contributed by atoms with E-state index in [2.05, 4.69) is 10.1 Å². The topological polar surface area (TPSA) is 59.4 Å². The summed E-state index contributed by atoms with van der Waals surface area (Å²) in [6, 6.07) is 1.91. The van der Waals surface area contributed by atoms with Gasteiger partial charge in [-0.3, -0.25) is 9.89 Å². The van der Waals surface area contributed by atoms with Crippen molar-refractivity contribution in [3.63, 3.8) is 0 Å². The van der Waals surface area contributed by atoms with Crippen LogP contribution in [-0.4, -0.2) is 21.7 Å². The Balaban J connectivity index is 2.68. The summed E-state index contributed by atoms with van der Waals surface area (Å²) in [6.45, 7) is 4.29. The summed E-state index contributed by atoms with van der Waals surface area (Å²) in [6.07, 6.45) is 0.728. The molecule has 0 spiro atoms. The highest BCUT2D eigenvalue weighted by atomic mass is 16.5. The third-order valence-electron chi connectivity index (χ3n) is 2.64. The number of H-pyrrole nitrogens is 1. The third-order valence-corrected chi connectivity index (χ3v) is 2.64. The Labute approximate surface area is 93.1 Å². The second kappa shape index (κ2) is 4.09. The standard InChI is InChI=1S/C11H15N3O2/c1-4-8-7(2)5-10-12-9(6-16-3)13-14(10)11(8)15/h5H,4,6H2,1-3H3,(H,12,13). The SMILES string of the molecule is CCc1c(C)cc2nc(COC)[nH]n2c1=O. The number of aromatic amines is 1. The molecule has 2 aromatic heterocycles. The molecule has 0 aliphatic rings. The molecule has 0 bridgehead atoms. The minimum absolute atomic E-state index is 0.0210. The van der Waals surface area contributed by atoms with Crippen molar-refractivity contribution in [2.24, 2.45) is 0 Å². The summed E-state index contributed by atoms with van der Waals surface area (Å²) in [5.74, 6) is 0.659. The van der Waals surface area contributed by atoms with Gasteiger partial charge in [-0.1, -0.05) is 6.92 Å². The van der Waals surface area contributed by atoms with Gasteiger partial charge in [0.2, 0.25) is 0 Å². The van der Waals surface area contributed by atoms with Crippen LogP contribution in [0.2, 0.25) is 0 Å². The van der Waals surface area contributed by atoms with E-state index < -0.39 is 0 Å². The zero-order valence-electron chi connectivity index (χ0n) is 9.70. The van der Waals surface area contributed by atoms with E-state index >= 15 is 0 Å². The van der Waals surface area contributed by atoms with E-state index in [1.54, 1.807) is 7.11 Å². The van der Waals surface area contributed by atoms with Crippen LogP contribution < -0.4 is 5.56 Å². The Bertz CT molecular complexity index is 568. The number of pyridine rings is 1. The highest BCUT2D eigenvalue weighted by Gasteiger charge is 2.09. The lowest BCUT2D eigenvalue weighted by atomic mass is 10.1. The fourth-order valence-electron chi connectivity index (χ4n) is 1.87. The molecule has 0 saturated heterocycles. The molecule has 0 aromatic carbocycles. The fraction of sp³-hybridized carbons (Fsp3) is 0.455. The molecule has 0 aliphatic heterocycles. The third kappa shape index (κ3) is 1.63. The quantitative estimate of drug-likeness (QED) is 0.842. The van der Waals surface area contributed by atoms with Gasteiger partial charge in [-0.2, -0.15) is 4.52 Å². The molecule has 5 nitrogen and oxygen atoms in total. The van der Waals surface area contributed by atoms with Gasteiger partial charge in [-0.05, 0) is 25.0 Å². The van der Waals surface area contributed by atoms with Crippen LogP contribution in [0, 0.1) is 6.92 Å². The predicted octanol–water partition coefficient (Wildman–Crippen LogP) is 1.04. The van der Waals surface area contributed by atoms with Crippen molar-refractivity contribution in [3.05, 3.63) is 33.4 Å². The van der Waals surface area contributed by atoms with Gasteiger partial charge in [0.1, 0.15) is 12.4 Å². The highest BCUT2D eigenvalue weighted by molar-refractivity contribution is 5.43. The first-order chi connectivity index (χ1) is 7.67. The van der Waals surface area contributed by atoms with Gasteiger partial charge in [0.15, 0.2) is 5.65 Å². The van der Waals surface area contributed by atoms with E-state index in [0.717, 1.165) is 17.5 Å². The van der Waals surface area contributed by atoms with Crippen molar-refractivity contribution < 1.29 is 4.74 Å². The molecule has 16 heavy (non-hydrogen) atoms. The van der Waals surface area contributed by atoms with Crippen LogP contribution in [-0.2, 0) is 17.8 Å². The maximum absolute atomic E-state index is 12.0. The smallest absolute Gasteiger partial charge is 0.274 e. The Hall–Kier alpha value is -1.62. The van der Waals surface area contributed by atoms with Crippen molar-refractivity contribution in [1.82, 2.24) is 14.6 Å². The van der Waals surface area contributed by atoms with E-state index in [9.17, 15) is 4.79 Å². The van der Waals surface area contributed by atoms with Crippen LogP contribution in [0.4, 0.5) is 0 Å². The van der Waals surface area contributed by atoms with Crippen LogP contribution in [0.3, 0.4) is 0 Å². The van der Waals surface area contributed by atoms with E-state index in [1.165, 1.54) is 4.52 Å². The summed E-state index contributed by atoms with van der Waals surface area (Å²) < 4.78 is 6.45. The molecular formula is C11H15N3O2. The van der Waals surface area contributed by atoms with Crippen LogP contribution in [0.15, 0.2) is 10.9 Å². The molecule has 0 radical (unpaired) electrons. The van der Waals surface area contributed by atoms with Gasteiger partial charge in [0.05, 0.1) is 0 Å². The molecule has 2 aromatic rings. The maximum atomic E-state index is 12.0. The second-order valence-corrected chi connectivity index (χ2v) is 3.76. The van der Waals surface area contributed by atoms with Gasteiger partial charge in [0.25, 0.3) is 5.56 Å². The number of ether oxygens (including phenoxy) is 1. The van der Waals surface area contributed by atoms with Crippen LogP contribution in [0.5, 0.6) is 0 Å². The summed E-state index contributed by atoms with van der Waals surface area (Å²) in [7, 11) is 1.60. The molecule has 0 unspecified atom stereocenters. The van der Waals surface area contributed by atoms with Crippen molar-refractivity contribution in [2.75, 3.05) is 7.11 Å². The number of nitrogens with zero attached hydrogens (tertiary/aromatic N) is 2. The summed E-state index contributed by atoms with van der Waals surface area (Å²) in [5, 5.41) is 2.93. The maximum Gasteiger partial charge on any atom is 0.274 e. The van der Waals surface area contributed by atoms with Crippen LogP contribution in [0.1, 0.15) is 23.9 Å². The number of nitrogens with one attached hydrogen (secondary N) is 1. The molecule has 5 heteroatoms. The molecule has 2 rings (SSSR count). The van der Waals surface area contributed by atoms with E-state index in [-0.39, 0.29) is 5.56 Å². The first-order valence-corrected chi connectivity index (χ1v) is 5.26. The van der Waals surface area contributed by atoms with Gasteiger partial charge in [-0.25, -0.2) is 4.98 Å². The predicted molar refractivity (Wildman–Crippen MR) is 60.6 cm³/mol. The van der Waals surface area contributed by atoms with Crippen molar-refractivity contribution >= 4 is 5.65 Å². The zero-order valence-corrected chi connectivity index (χ0v) is 9.70. The lowest BCUT2D eigenvalue weighted by Crippen LogP contribution is -2.19. The van der Waals surface area contributed by atoms with Gasteiger partial charge in [-0.15, -0.1) is 0 Å². The number of hydrogen-bond donors (Lipinski definition) is 1. The van der Waals surface area contributed by atoms with Gasteiger partial charge < -0.3 is 4.74 Å². The van der Waals surface area contributed by atoms with Gasteiger partial charge >= 0.3 is 0 Å². The van der Waals surface area contributed by atoms with Crippen molar-refractivity contribution in [2.45, 2.75) is 26.9 Å². The first-order valence-electron chi connectivity index (χ1n) is 5.26. The Morgan fingerprint density at radius 3 is 2.94 bits per heavy atom. The lowest BCUT2D eigenvalue weighted by molar-refractivity contribution is 0.178. The lowest BCUT2D eigenvalue weighted by Gasteiger charge is -2.01. The van der Waals surface area contributed by atoms with E-state index in [4.69, 9.17) is 4.74 Å². The monoisotopic (exact) mass is 221 g/mol. The van der Waals surface area contributed by atoms with E-state index in [0.29, 0.717) is 18.1 Å². The molecule has 0 atom stereocenters. The zero-order chi connectivity index (χ0) is 11.7. The summed E-state index contributed by atoms with van der Waals surface area (Å²) >= 11 is 0. The number of rotatable bonds is 3. The Morgan fingerprint density at radius 1 is 1.56 bits per heavy atom. The fourth-order valence-corrected chi connectivity index (χ4v) is 1.87. The van der Waals surface area contributed by atoms with Crippen LogP contribution in [0.25, 0.3) is 5.65 Å². The van der Waals surface area contributed by atoms with Gasteiger partial charge in [0, 0.05) is 12.7 Å². The minimum atomic E-state index is -0.0210. The Kier molecular flexibility index (Phi) is 2.78. The number of aryl methyl sites for hydroxylation is 1.